The van der Waals surface area contributed by atoms with Gasteiger partial charge in [-0.15, -0.1) is 5.10 Å². The number of aromatic nitrogens is 4. The Morgan fingerprint density at radius 3 is 2.70 bits per heavy atom. The first kappa shape index (κ1) is 15.2. The average Bonchev–Trinajstić information content (AvgIpc) is 2.82. The van der Waals surface area contributed by atoms with Crippen molar-refractivity contribution < 1.29 is 0 Å². The summed E-state index contributed by atoms with van der Waals surface area (Å²) >= 11 is 11.9. The van der Waals surface area contributed by atoms with Crippen LogP contribution in [0.2, 0.25) is 10.0 Å². The molecule has 1 aromatic heterocycles. The number of rotatable bonds is 6. The van der Waals surface area contributed by atoms with Crippen LogP contribution >= 0.6 is 23.2 Å². The Hall–Kier alpha value is -1.17. The molecule has 0 aliphatic heterocycles. The van der Waals surface area contributed by atoms with E-state index in [4.69, 9.17) is 23.2 Å². The minimum Gasteiger partial charge on any atom is -0.295 e. The lowest BCUT2D eigenvalue weighted by atomic mass is 10.2. The molecule has 1 aromatic carbocycles. The maximum absolute atomic E-state index is 6.02. The standard InChI is InChI=1S/C13H17Cl2N5/c1-3-6-20-13(16-17-18-20)9-19(2)8-10-4-5-11(14)12(15)7-10/h4-5,7H,3,6,8-9H2,1-2H3. The first-order chi connectivity index (χ1) is 9.60. The molecular formula is C13H17Cl2N5. The van der Waals surface area contributed by atoms with E-state index >= 15 is 0 Å². The molecule has 0 amide bonds. The Morgan fingerprint density at radius 1 is 1.20 bits per heavy atom. The molecule has 20 heavy (non-hydrogen) atoms. The van der Waals surface area contributed by atoms with E-state index in [1.165, 1.54) is 0 Å². The lowest BCUT2D eigenvalue weighted by molar-refractivity contribution is 0.302. The highest BCUT2D eigenvalue weighted by Gasteiger charge is 2.09. The molecular weight excluding hydrogens is 297 g/mol. The highest BCUT2D eigenvalue weighted by Crippen LogP contribution is 2.23. The van der Waals surface area contributed by atoms with Gasteiger partial charge in [-0.1, -0.05) is 36.2 Å². The summed E-state index contributed by atoms with van der Waals surface area (Å²) in [5, 5.41) is 12.9. The number of benzene rings is 1. The number of nitrogens with zero attached hydrogens (tertiary/aromatic N) is 5. The van der Waals surface area contributed by atoms with E-state index in [0.29, 0.717) is 16.6 Å². The number of aryl methyl sites for hydroxylation is 1. The van der Waals surface area contributed by atoms with Gasteiger partial charge >= 0.3 is 0 Å². The molecule has 108 valence electrons. The van der Waals surface area contributed by atoms with Gasteiger partial charge in [-0.05, 0) is 41.6 Å². The summed E-state index contributed by atoms with van der Waals surface area (Å²) in [4.78, 5) is 2.14. The molecule has 0 fully saturated rings. The molecule has 0 unspecified atom stereocenters. The zero-order valence-corrected chi connectivity index (χ0v) is 13.1. The van der Waals surface area contributed by atoms with Gasteiger partial charge in [0.1, 0.15) is 0 Å². The Bertz CT molecular complexity index is 570. The molecule has 0 radical (unpaired) electrons. The summed E-state index contributed by atoms with van der Waals surface area (Å²) in [6.45, 7) is 4.39. The van der Waals surface area contributed by atoms with Gasteiger partial charge in [0.2, 0.25) is 0 Å². The van der Waals surface area contributed by atoms with Crippen LogP contribution in [0.1, 0.15) is 24.7 Å². The Kier molecular flexibility index (Phi) is 5.34. The molecule has 0 spiro atoms. The molecule has 0 atom stereocenters. The third-order valence-electron chi connectivity index (χ3n) is 2.89. The SMILES string of the molecule is CCCn1nnnc1CN(C)Cc1ccc(Cl)c(Cl)c1. The molecule has 0 aliphatic carbocycles. The first-order valence-electron chi connectivity index (χ1n) is 6.47. The maximum atomic E-state index is 6.02. The van der Waals surface area contributed by atoms with E-state index in [1.807, 2.05) is 29.9 Å². The fraction of sp³-hybridized carbons (Fsp3) is 0.462. The summed E-state index contributed by atoms with van der Waals surface area (Å²) < 4.78 is 1.84. The number of hydrogen-bond donors (Lipinski definition) is 0. The minimum atomic E-state index is 0.574. The molecule has 0 aliphatic rings. The minimum absolute atomic E-state index is 0.574. The van der Waals surface area contributed by atoms with Crippen molar-refractivity contribution in [3.8, 4) is 0 Å². The van der Waals surface area contributed by atoms with Crippen molar-refractivity contribution in [2.75, 3.05) is 7.05 Å². The summed E-state index contributed by atoms with van der Waals surface area (Å²) in [6, 6.07) is 5.67. The van der Waals surface area contributed by atoms with Crippen LogP contribution in [0.5, 0.6) is 0 Å². The Labute approximate surface area is 128 Å². The van der Waals surface area contributed by atoms with Crippen LogP contribution in [0.3, 0.4) is 0 Å². The van der Waals surface area contributed by atoms with Crippen molar-refractivity contribution in [3.05, 3.63) is 39.6 Å². The third kappa shape index (κ3) is 3.91. The average molecular weight is 314 g/mol. The van der Waals surface area contributed by atoms with Crippen LogP contribution in [0.15, 0.2) is 18.2 Å². The Morgan fingerprint density at radius 2 is 2.00 bits per heavy atom. The predicted molar refractivity (Wildman–Crippen MR) is 79.7 cm³/mol. The van der Waals surface area contributed by atoms with Gasteiger partial charge in [0.05, 0.1) is 16.6 Å². The highest BCUT2D eigenvalue weighted by molar-refractivity contribution is 6.42. The van der Waals surface area contributed by atoms with Gasteiger partial charge in [0.25, 0.3) is 0 Å². The van der Waals surface area contributed by atoms with E-state index in [1.54, 1.807) is 0 Å². The molecule has 7 heteroatoms. The largest absolute Gasteiger partial charge is 0.295 e. The summed E-state index contributed by atoms with van der Waals surface area (Å²) in [6.07, 6.45) is 1.01. The smallest absolute Gasteiger partial charge is 0.165 e. The van der Waals surface area contributed by atoms with Crippen molar-refractivity contribution in [1.82, 2.24) is 25.1 Å². The second kappa shape index (κ2) is 7.02. The van der Waals surface area contributed by atoms with Crippen molar-refractivity contribution in [1.29, 1.82) is 0 Å². The summed E-state index contributed by atoms with van der Waals surface area (Å²) in [5.74, 6) is 0.870. The fourth-order valence-corrected chi connectivity index (χ4v) is 2.29. The number of tetrazole rings is 1. The molecule has 1 heterocycles. The topological polar surface area (TPSA) is 46.8 Å². The van der Waals surface area contributed by atoms with Crippen LogP contribution in [-0.4, -0.2) is 32.2 Å². The number of halogens is 2. The maximum Gasteiger partial charge on any atom is 0.165 e. The third-order valence-corrected chi connectivity index (χ3v) is 3.63. The highest BCUT2D eigenvalue weighted by atomic mass is 35.5. The molecule has 5 nitrogen and oxygen atoms in total. The van der Waals surface area contributed by atoms with Gasteiger partial charge in [-0.3, -0.25) is 4.90 Å². The molecule has 2 rings (SSSR count). The van der Waals surface area contributed by atoms with E-state index in [9.17, 15) is 0 Å². The zero-order valence-electron chi connectivity index (χ0n) is 11.6. The summed E-state index contributed by atoms with van der Waals surface area (Å²) in [7, 11) is 2.02. The molecule has 0 bridgehead atoms. The Balaban J connectivity index is 1.99. The van der Waals surface area contributed by atoms with Crippen LogP contribution in [0, 0.1) is 0 Å². The molecule has 2 aromatic rings. The normalized spacial score (nSPS) is 11.2. The molecule has 0 N–H and O–H groups in total. The van der Waals surface area contributed by atoms with Gasteiger partial charge in [0.15, 0.2) is 5.82 Å². The molecule has 0 saturated carbocycles. The first-order valence-corrected chi connectivity index (χ1v) is 7.23. The van der Waals surface area contributed by atoms with E-state index in [0.717, 1.165) is 30.9 Å². The van der Waals surface area contributed by atoms with Crippen LogP contribution in [0.25, 0.3) is 0 Å². The van der Waals surface area contributed by atoms with Crippen LogP contribution < -0.4 is 0 Å². The monoisotopic (exact) mass is 313 g/mol. The molecule has 0 saturated heterocycles. The van der Waals surface area contributed by atoms with Gasteiger partial charge in [0, 0.05) is 13.1 Å². The zero-order chi connectivity index (χ0) is 14.5. The van der Waals surface area contributed by atoms with Gasteiger partial charge in [-0.2, -0.15) is 0 Å². The van der Waals surface area contributed by atoms with Gasteiger partial charge < -0.3 is 0 Å². The summed E-state index contributed by atoms with van der Waals surface area (Å²) in [5.41, 5.74) is 1.11. The second-order valence-corrected chi connectivity index (χ2v) is 5.55. The fourth-order valence-electron chi connectivity index (χ4n) is 1.97. The lowest BCUT2D eigenvalue weighted by Crippen LogP contribution is -2.20. The van der Waals surface area contributed by atoms with Crippen molar-refractivity contribution in [3.63, 3.8) is 0 Å². The van der Waals surface area contributed by atoms with Crippen molar-refractivity contribution in [2.45, 2.75) is 33.0 Å². The lowest BCUT2D eigenvalue weighted by Gasteiger charge is -2.16. The van der Waals surface area contributed by atoms with E-state index in [-0.39, 0.29) is 0 Å². The quantitative estimate of drug-likeness (QED) is 0.822. The number of hydrogen-bond acceptors (Lipinski definition) is 4. The van der Waals surface area contributed by atoms with Crippen molar-refractivity contribution in [2.24, 2.45) is 0 Å². The van der Waals surface area contributed by atoms with E-state index < -0.39 is 0 Å². The predicted octanol–water partition coefficient (Wildman–Crippen LogP) is 3.02. The van der Waals surface area contributed by atoms with Gasteiger partial charge in [-0.25, -0.2) is 4.68 Å². The van der Waals surface area contributed by atoms with E-state index in [2.05, 4.69) is 27.3 Å². The second-order valence-electron chi connectivity index (χ2n) is 4.74. The van der Waals surface area contributed by atoms with Crippen LogP contribution in [0.4, 0.5) is 0 Å². The van der Waals surface area contributed by atoms with Crippen molar-refractivity contribution >= 4 is 23.2 Å². The van der Waals surface area contributed by atoms with Crippen LogP contribution in [-0.2, 0) is 19.6 Å².